The Morgan fingerprint density at radius 2 is 1.55 bits per heavy atom. The van der Waals surface area contributed by atoms with Crippen molar-refractivity contribution < 1.29 is 13.5 Å². The van der Waals surface area contributed by atoms with Crippen LogP contribution >= 0.6 is 15.9 Å². The van der Waals surface area contributed by atoms with Crippen molar-refractivity contribution in [1.29, 1.82) is 0 Å². The van der Waals surface area contributed by atoms with Gasteiger partial charge in [-0.15, -0.1) is 0 Å². The quantitative estimate of drug-likeness (QED) is 0.796. The summed E-state index contributed by atoms with van der Waals surface area (Å²) in [5, 5.41) is 10.5. The van der Waals surface area contributed by atoms with Crippen molar-refractivity contribution in [3.63, 3.8) is 0 Å². The first-order valence-corrected chi connectivity index (χ1v) is 9.49. The highest BCUT2D eigenvalue weighted by Gasteiger charge is 2.42. The molecule has 0 spiro atoms. The lowest BCUT2D eigenvalue weighted by molar-refractivity contribution is 0.167. The molecule has 0 aliphatic heterocycles. The van der Waals surface area contributed by atoms with Crippen LogP contribution in [0.25, 0.3) is 11.1 Å². The molecule has 3 nitrogen and oxygen atoms in total. The van der Waals surface area contributed by atoms with E-state index in [-0.39, 0.29) is 5.75 Å². The summed E-state index contributed by atoms with van der Waals surface area (Å²) in [6, 6.07) is 17.2. The van der Waals surface area contributed by atoms with Crippen LogP contribution in [0.2, 0.25) is 0 Å². The van der Waals surface area contributed by atoms with Gasteiger partial charge in [0.1, 0.15) is 6.10 Å². The number of sulfone groups is 1. The molecule has 0 unspecified atom stereocenters. The third-order valence-corrected chi connectivity index (χ3v) is 7.92. The second kappa shape index (κ2) is 6.52. The molecule has 0 amide bonds. The topological polar surface area (TPSA) is 54.4 Å². The van der Waals surface area contributed by atoms with Crippen LogP contribution in [-0.4, -0.2) is 22.9 Å². The van der Waals surface area contributed by atoms with Gasteiger partial charge >= 0.3 is 0 Å². The predicted octanol–water partition coefficient (Wildman–Crippen LogP) is 3.93. The minimum absolute atomic E-state index is 0.0338. The molecule has 1 N–H and O–H groups in total. The molecule has 2 aromatic rings. The van der Waals surface area contributed by atoms with E-state index in [9.17, 15) is 13.5 Å². The molecule has 0 heterocycles. The summed E-state index contributed by atoms with van der Waals surface area (Å²) in [6.07, 6.45) is -1.14. The fourth-order valence-electron chi connectivity index (χ4n) is 2.24. The van der Waals surface area contributed by atoms with Gasteiger partial charge in [0.05, 0.1) is 0 Å². The van der Waals surface area contributed by atoms with E-state index in [0.29, 0.717) is 5.56 Å². The zero-order valence-electron chi connectivity index (χ0n) is 12.5. The van der Waals surface area contributed by atoms with Gasteiger partial charge in [0.15, 0.2) is 13.5 Å². The van der Waals surface area contributed by atoms with Gasteiger partial charge in [0.25, 0.3) is 0 Å². The first-order valence-electron chi connectivity index (χ1n) is 7.04. The standard InChI is InChI=1S/C17H19BrO3S/c1-3-22(20,21)17(2,18)16(19)15-11-9-14(10-12-15)13-7-5-4-6-8-13/h4-12,16,19H,3H2,1-2H3/t16-,17-/m1/s1. The fourth-order valence-corrected chi connectivity index (χ4v) is 4.23. The lowest BCUT2D eigenvalue weighted by Gasteiger charge is -2.28. The Hall–Kier alpha value is -1.17. The van der Waals surface area contributed by atoms with Gasteiger partial charge in [-0.3, -0.25) is 0 Å². The van der Waals surface area contributed by atoms with Crippen LogP contribution in [-0.2, 0) is 9.84 Å². The van der Waals surface area contributed by atoms with Crippen molar-refractivity contribution in [2.45, 2.75) is 23.6 Å². The number of alkyl halides is 1. The highest BCUT2D eigenvalue weighted by atomic mass is 79.9. The van der Waals surface area contributed by atoms with E-state index < -0.39 is 19.6 Å². The van der Waals surface area contributed by atoms with E-state index in [1.165, 1.54) is 6.92 Å². The molecule has 0 radical (unpaired) electrons. The minimum atomic E-state index is -3.44. The van der Waals surface area contributed by atoms with Gasteiger partial charge in [0, 0.05) is 5.75 Å². The van der Waals surface area contributed by atoms with Gasteiger partial charge in [-0.1, -0.05) is 77.5 Å². The van der Waals surface area contributed by atoms with Crippen LogP contribution in [0.4, 0.5) is 0 Å². The Morgan fingerprint density at radius 3 is 2.05 bits per heavy atom. The number of benzene rings is 2. The van der Waals surface area contributed by atoms with E-state index >= 15 is 0 Å². The summed E-state index contributed by atoms with van der Waals surface area (Å²) in [5.74, 6) is -0.0338. The number of aliphatic hydroxyl groups is 1. The zero-order chi connectivity index (χ0) is 16.4. The molecule has 0 fully saturated rings. The third-order valence-electron chi connectivity index (χ3n) is 3.81. The molecule has 2 rings (SSSR count). The summed E-state index contributed by atoms with van der Waals surface area (Å²) in [6.45, 7) is 3.06. The highest BCUT2D eigenvalue weighted by molar-refractivity contribution is 9.11. The van der Waals surface area contributed by atoms with E-state index in [1.807, 2.05) is 42.5 Å². The van der Waals surface area contributed by atoms with Crippen molar-refractivity contribution in [3.8, 4) is 11.1 Å². The molecular weight excluding hydrogens is 364 g/mol. The van der Waals surface area contributed by atoms with Crippen molar-refractivity contribution in [2.75, 3.05) is 5.75 Å². The fraction of sp³-hybridized carbons (Fsp3) is 0.294. The average molecular weight is 383 g/mol. The van der Waals surface area contributed by atoms with Crippen LogP contribution in [0.1, 0.15) is 25.5 Å². The van der Waals surface area contributed by atoms with Crippen LogP contribution in [0.5, 0.6) is 0 Å². The maximum Gasteiger partial charge on any atom is 0.168 e. The molecule has 0 saturated heterocycles. The van der Waals surface area contributed by atoms with Gasteiger partial charge in [-0.05, 0) is 23.6 Å². The van der Waals surface area contributed by atoms with E-state index in [2.05, 4.69) is 15.9 Å². The Balaban J connectivity index is 2.31. The number of hydrogen-bond acceptors (Lipinski definition) is 3. The van der Waals surface area contributed by atoms with Gasteiger partial charge in [-0.2, -0.15) is 0 Å². The van der Waals surface area contributed by atoms with Crippen LogP contribution in [0, 0.1) is 0 Å². The monoisotopic (exact) mass is 382 g/mol. The summed E-state index contributed by atoms with van der Waals surface area (Å²) in [7, 11) is -3.44. The SMILES string of the molecule is CCS(=O)(=O)[C@@](C)(Br)[C@H](O)c1ccc(-c2ccccc2)cc1. The normalized spacial score (nSPS) is 16.0. The molecule has 2 atom stereocenters. The van der Waals surface area contributed by atoms with Gasteiger partial charge < -0.3 is 5.11 Å². The van der Waals surface area contributed by atoms with Crippen molar-refractivity contribution >= 4 is 25.8 Å². The second-order valence-corrected chi connectivity index (χ2v) is 10.1. The molecule has 0 bridgehead atoms. The van der Waals surface area contributed by atoms with E-state index in [1.54, 1.807) is 19.1 Å². The molecule has 2 aromatic carbocycles. The molecule has 0 aliphatic carbocycles. The highest BCUT2D eigenvalue weighted by Crippen LogP contribution is 2.39. The van der Waals surface area contributed by atoms with E-state index in [0.717, 1.165) is 11.1 Å². The summed E-state index contributed by atoms with van der Waals surface area (Å²) < 4.78 is 22.8. The largest absolute Gasteiger partial charge is 0.386 e. The minimum Gasteiger partial charge on any atom is -0.386 e. The summed E-state index contributed by atoms with van der Waals surface area (Å²) in [5.41, 5.74) is 2.66. The zero-order valence-corrected chi connectivity index (χ0v) is 14.9. The number of aliphatic hydroxyl groups excluding tert-OH is 1. The Labute approximate surface area is 140 Å². The third kappa shape index (κ3) is 3.26. The molecule has 0 aromatic heterocycles. The Bertz CT molecular complexity index is 722. The van der Waals surface area contributed by atoms with Crippen molar-refractivity contribution in [2.24, 2.45) is 0 Å². The Morgan fingerprint density at radius 1 is 1.05 bits per heavy atom. The lowest BCUT2D eigenvalue weighted by atomic mass is 10.0. The first-order chi connectivity index (χ1) is 10.3. The van der Waals surface area contributed by atoms with Crippen molar-refractivity contribution in [3.05, 3.63) is 60.2 Å². The number of hydrogen-bond donors (Lipinski definition) is 1. The average Bonchev–Trinajstić information content (AvgIpc) is 2.55. The van der Waals surface area contributed by atoms with Crippen molar-refractivity contribution in [1.82, 2.24) is 0 Å². The van der Waals surface area contributed by atoms with Crippen LogP contribution in [0.3, 0.4) is 0 Å². The summed E-state index contributed by atoms with van der Waals surface area (Å²) in [4.78, 5) is 0. The first kappa shape index (κ1) is 17.2. The number of rotatable bonds is 5. The lowest BCUT2D eigenvalue weighted by Crippen LogP contribution is -2.36. The maximum absolute atomic E-state index is 12.1. The molecule has 5 heteroatoms. The molecule has 22 heavy (non-hydrogen) atoms. The Kier molecular flexibility index (Phi) is 5.10. The van der Waals surface area contributed by atoms with Crippen LogP contribution < -0.4 is 0 Å². The molecular formula is C17H19BrO3S. The van der Waals surface area contributed by atoms with Crippen LogP contribution in [0.15, 0.2) is 54.6 Å². The molecule has 0 aliphatic rings. The van der Waals surface area contributed by atoms with E-state index in [4.69, 9.17) is 0 Å². The molecule has 0 saturated carbocycles. The van der Waals surface area contributed by atoms with Gasteiger partial charge in [0.2, 0.25) is 0 Å². The predicted molar refractivity (Wildman–Crippen MR) is 93.6 cm³/mol. The second-order valence-electron chi connectivity index (χ2n) is 5.28. The van der Waals surface area contributed by atoms with Gasteiger partial charge in [-0.25, -0.2) is 8.42 Å². The summed E-state index contributed by atoms with van der Waals surface area (Å²) >= 11 is 3.19. The smallest absolute Gasteiger partial charge is 0.168 e. The number of halogens is 1. The molecule has 118 valence electrons. The maximum atomic E-state index is 12.1.